The molecule has 24 heavy (non-hydrogen) atoms. The van der Waals surface area contributed by atoms with E-state index in [2.05, 4.69) is 0 Å². The third-order valence-corrected chi connectivity index (χ3v) is 3.71. The summed E-state index contributed by atoms with van der Waals surface area (Å²) in [5.41, 5.74) is -0.460. The zero-order chi connectivity index (χ0) is 18.3. The Morgan fingerprint density at radius 1 is 1.04 bits per heavy atom. The van der Waals surface area contributed by atoms with Gasteiger partial charge in [0.15, 0.2) is 0 Å². The molecule has 2 N–H and O–H groups in total. The van der Waals surface area contributed by atoms with Crippen LogP contribution in [0.3, 0.4) is 0 Å². The molecular weight excluding hydrogens is 316 g/mol. The predicted molar refractivity (Wildman–Crippen MR) is 86.9 cm³/mol. The van der Waals surface area contributed by atoms with Crippen LogP contribution >= 0.6 is 0 Å². The molecule has 0 unspecified atom stereocenters. The number of piperidine rings is 2. The van der Waals surface area contributed by atoms with Crippen molar-refractivity contribution in [3.05, 3.63) is 0 Å². The Morgan fingerprint density at radius 2 is 1.54 bits per heavy atom. The molecule has 138 valence electrons. The fourth-order valence-electron chi connectivity index (χ4n) is 2.32. The summed E-state index contributed by atoms with van der Waals surface area (Å²) >= 11 is 0. The van der Waals surface area contributed by atoms with Gasteiger partial charge in [0, 0.05) is 39.0 Å². The second-order valence-corrected chi connectivity index (χ2v) is 7.01. The van der Waals surface area contributed by atoms with Crippen molar-refractivity contribution in [3.63, 3.8) is 0 Å². The van der Waals surface area contributed by atoms with Crippen LogP contribution < -0.4 is 0 Å². The maximum Gasteiger partial charge on any atom is 0.410 e. The number of carboxylic acid groups (broad SMARTS) is 1. The fraction of sp³-hybridized carbons (Fsp3) is 0.812. The summed E-state index contributed by atoms with van der Waals surface area (Å²) in [6.07, 6.45) is 0.573. The molecule has 0 aromatic carbocycles. The quantitative estimate of drug-likeness (QED) is 0.693. The molecule has 2 aliphatic heterocycles. The lowest BCUT2D eigenvalue weighted by Gasteiger charge is -2.29. The van der Waals surface area contributed by atoms with Gasteiger partial charge in [0.25, 0.3) is 0 Å². The van der Waals surface area contributed by atoms with Crippen molar-refractivity contribution >= 4 is 18.0 Å². The smallest absolute Gasteiger partial charge is 0.410 e. The van der Waals surface area contributed by atoms with Gasteiger partial charge < -0.3 is 24.7 Å². The molecule has 2 amide bonds. The van der Waals surface area contributed by atoms with Crippen LogP contribution in [-0.4, -0.2) is 75.9 Å². The average molecular weight is 344 g/mol. The molecule has 0 aromatic heterocycles. The Morgan fingerprint density at radius 3 is 1.96 bits per heavy atom. The number of carbonyl (C=O) groups is 3. The van der Waals surface area contributed by atoms with E-state index in [1.54, 1.807) is 4.90 Å². The summed E-state index contributed by atoms with van der Waals surface area (Å²) < 4.78 is 5.19. The van der Waals surface area contributed by atoms with Crippen molar-refractivity contribution in [2.45, 2.75) is 58.2 Å². The van der Waals surface area contributed by atoms with Crippen LogP contribution in [0, 0.1) is 0 Å². The molecule has 8 heteroatoms. The molecule has 2 heterocycles. The number of likely N-dealkylation sites (tertiary alicyclic amines) is 2. The molecule has 0 bridgehead atoms. The topological polar surface area (TPSA) is 107 Å². The van der Waals surface area contributed by atoms with E-state index in [0.29, 0.717) is 51.9 Å². The van der Waals surface area contributed by atoms with Crippen LogP contribution in [-0.2, 0) is 9.53 Å². The number of hydrogen-bond donors (Lipinski definition) is 2. The van der Waals surface area contributed by atoms with Gasteiger partial charge in [-0.3, -0.25) is 4.79 Å². The fourth-order valence-corrected chi connectivity index (χ4v) is 2.32. The monoisotopic (exact) mass is 344 g/mol. The van der Waals surface area contributed by atoms with Crippen LogP contribution in [0.1, 0.15) is 46.5 Å². The Hall–Kier alpha value is -1.83. The van der Waals surface area contributed by atoms with E-state index >= 15 is 0 Å². The maximum atomic E-state index is 11.5. The van der Waals surface area contributed by atoms with E-state index < -0.39 is 11.7 Å². The highest BCUT2D eigenvalue weighted by Crippen LogP contribution is 2.13. The van der Waals surface area contributed by atoms with E-state index in [9.17, 15) is 14.4 Å². The number of carbonyl (C=O) groups excluding carboxylic acids is 2. The number of ketones is 1. The molecule has 0 spiro atoms. The predicted octanol–water partition coefficient (Wildman–Crippen LogP) is 1.71. The molecule has 0 aromatic rings. The minimum absolute atomic E-state index is 0.227. The van der Waals surface area contributed by atoms with Gasteiger partial charge in [-0.2, -0.15) is 0 Å². The molecule has 0 aliphatic carbocycles. The first kappa shape index (κ1) is 20.2. The summed E-state index contributed by atoms with van der Waals surface area (Å²) in [4.78, 5) is 35.7. The summed E-state index contributed by atoms with van der Waals surface area (Å²) in [7, 11) is 0. The molecule has 2 saturated heterocycles. The zero-order valence-electron chi connectivity index (χ0n) is 14.7. The van der Waals surface area contributed by atoms with Gasteiger partial charge in [-0.05, 0) is 33.6 Å². The lowest BCUT2D eigenvalue weighted by Crippen LogP contribution is -2.41. The van der Waals surface area contributed by atoms with E-state index in [1.165, 1.54) is 4.90 Å². The number of aliphatic hydroxyl groups is 1. The molecule has 0 saturated carbocycles. The van der Waals surface area contributed by atoms with Gasteiger partial charge >= 0.3 is 12.2 Å². The SMILES string of the molecule is CC(C)(C)OC(=O)N1CCC(=O)CC1.O=C(O)N1CCC(O)CC1. The van der Waals surface area contributed by atoms with E-state index in [0.717, 1.165) is 0 Å². The second-order valence-electron chi connectivity index (χ2n) is 7.01. The van der Waals surface area contributed by atoms with Crippen molar-refractivity contribution < 1.29 is 29.3 Å². The van der Waals surface area contributed by atoms with Crippen LogP contribution in [0.2, 0.25) is 0 Å². The van der Waals surface area contributed by atoms with Gasteiger partial charge in [0.05, 0.1) is 6.10 Å². The highest BCUT2D eigenvalue weighted by Gasteiger charge is 2.25. The average Bonchev–Trinajstić information content (AvgIpc) is 2.47. The number of rotatable bonds is 0. The Labute approximate surface area is 142 Å². The third kappa shape index (κ3) is 7.63. The summed E-state index contributed by atoms with van der Waals surface area (Å²) in [6, 6.07) is 0. The minimum atomic E-state index is -0.883. The molecule has 0 atom stereocenters. The number of nitrogens with zero attached hydrogens (tertiary/aromatic N) is 2. The van der Waals surface area contributed by atoms with Crippen molar-refractivity contribution in [1.82, 2.24) is 9.80 Å². The number of Topliss-reactive ketones (excluding diaryl/α,β-unsaturated/α-hetero) is 1. The van der Waals surface area contributed by atoms with Gasteiger partial charge in [0.1, 0.15) is 11.4 Å². The first-order valence-electron chi connectivity index (χ1n) is 8.24. The van der Waals surface area contributed by atoms with E-state index in [4.69, 9.17) is 14.9 Å². The number of aliphatic hydroxyl groups excluding tert-OH is 1. The highest BCUT2D eigenvalue weighted by atomic mass is 16.6. The standard InChI is InChI=1S/C10H17NO3.C6H11NO3/c1-10(2,3)14-9(13)11-6-4-8(12)5-7-11;8-5-1-3-7(4-2-5)6(9)10/h4-7H2,1-3H3;5,8H,1-4H2,(H,9,10). The van der Waals surface area contributed by atoms with Gasteiger partial charge in [-0.1, -0.05) is 0 Å². The molecular formula is C16H28N2O6. The molecule has 2 rings (SSSR count). The van der Waals surface area contributed by atoms with Crippen molar-refractivity contribution in [1.29, 1.82) is 0 Å². The molecule has 2 aliphatic rings. The maximum absolute atomic E-state index is 11.5. The van der Waals surface area contributed by atoms with Crippen molar-refractivity contribution in [3.8, 4) is 0 Å². The van der Waals surface area contributed by atoms with Gasteiger partial charge in [-0.25, -0.2) is 9.59 Å². The van der Waals surface area contributed by atoms with Crippen LogP contribution in [0.15, 0.2) is 0 Å². The van der Waals surface area contributed by atoms with Crippen molar-refractivity contribution in [2.75, 3.05) is 26.2 Å². The number of hydrogen-bond acceptors (Lipinski definition) is 5. The van der Waals surface area contributed by atoms with Crippen LogP contribution in [0.25, 0.3) is 0 Å². The summed E-state index contributed by atoms with van der Waals surface area (Å²) in [5.74, 6) is 0.227. The van der Waals surface area contributed by atoms with E-state index in [-0.39, 0.29) is 18.0 Å². The first-order chi connectivity index (χ1) is 11.1. The number of ether oxygens (including phenoxy) is 1. The first-order valence-corrected chi connectivity index (χ1v) is 8.24. The molecule has 0 radical (unpaired) electrons. The van der Waals surface area contributed by atoms with E-state index in [1.807, 2.05) is 20.8 Å². The third-order valence-electron chi connectivity index (χ3n) is 3.71. The lowest BCUT2D eigenvalue weighted by atomic mass is 10.1. The Kier molecular flexibility index (Phi) is 7.47. The zero-order valence-corrected chi connectivity index (χ0v) is 14.7. The molecule has 8 nitrogen and oxygen atoms in total. The van der Waals surface area contributed by atoms with Gasteiger partial charge in [-0.15, -0.1) is 0 Å². The molecule has 2 fully saturated rings. The normalized spacial score (nSPS) is 19.4. The minimum Gasteiger partial charge on any atom is -0.465 e. The van der Waals surface area contributed by atoms with Crippen LogP contribution in [0.5, 0.6) is 0 Å². The van der Waals surface area contributed by atoms with Crippen LogP contribution in [0.4, 0.5) is 9.59 Å². The second kappa shape index (κ2) is 8.86. The summed E-state index contributed by atoms with van der Waals surface area (Å²) in [6.45, 7) is 7.43. The van der Waals surface area contributed by atoms with Crippen molar-refractivity contribution in [2.24, 2.45) is 0 Å². The highest BCUT2D eigenvalue weighted by molar-refractivity contribution is 5.81. The number of amides is 2. The Balaban J connectivity index is 0.000000254. The largest absolute Gasteiger partial charge is 0.465 e. The lowest BCUT2D eigenvalue weighted by molar-refractivity contribution is -0.121. The van der Waals surface area contributed by atoms with Gasteiger partial charge in [0.2, 0.25) is 0 Å². The summed E-state index contributed by atoms with van der Waals surface area (Å²) in [5, 5.41) is 17.5. The Bertz CT molecular complexity index is 442.